The molecule has 30 heavy (non-hydrogen) atoms. The molecule has 0 atom stereocenters. The number of nitrogens with one attached hydrogen (secondary N) is 1. The summed E-state index contributed by atoms with van der Waals surface area (Å²) in [5.41, 5.74) is 0.0255. The molecule has 154 valence electrons. The van der Waals surface area contributed by atoms with Crippen LogP contribution in [0.25, 0.3) is 0 Å². The molecule has 0 aliphatic carbocycles. The van der Waals surface area contributed by atoms with Gasteiger partial charge in [0, 0.05) is 11.8 Å². The molecule has 0 amide bonds. The number of aromatic amines is 1. The maximum atomic E-state index is 10.2. The fraction of sp³-hybridized carbons (Fsp3) is 0. The number of hydrogen-bond donors (Lipinski definition) is 1. The minimum Gasteiger partial charge on any atom is -0.545 e. The molecule has 1 N–H and O–H groups in total. The van der Waals surface area contributed by atoms with Gasteiger partial charge in [-0.15, -0.1) is 0 Å². The van der Waals surface area contributed by atoms with Crippen molar-refractivity contribution in [2.24, 2.45) is 0 Å². The topological polar surface area (TPSA) is 55.9 Å². The molecule has 4 aromatic rings. The van der Waals surface area contributed by atoms with E-state index in [2.05, 4.69) is 108 Å². The summed E-state index contributed by atoms with van der Waals surface area (Å²) < 4.78 is 0.197. The quantitative estimate of drug-likeness (QED) is 0.218. The average molecular weight is 613 g/mol. The molecule has 0 fully saturated rings. The third-order valence-electron chi connectivity index (χ3n) is 4.08. The Labute approximate surface area is 198 Å². The van der Waals surface area contributed by atoms with Gasteiger partial charge in [0.05, 0.1) is 5.97 Å². The van der Waals surface area contributed by atoms with Gasteiger partial charge in [0.25, 0.3) is 0 Å². The van der Waals surface area contributed by atoms with Gasteiger partial charge in [-0.25, -0.2) is 0 Å². The van der Waals surface area contributed by atoms with Crippen LogP contribution in [0.2, 0.25) is 0 Å². The Morgan fingerprint density at radius 3 is 1.40 bits per heavy atom. The number of carboxylic acids is 1. The molecular formula is C24H19AuNO2PS. The molecule has 3 aromatic carbocycles. The summed E-state index contributed by atoms with van der Waals surface area (Å²) in [5, 5.41) is 14.4. The van der Waals surface area contributed by atoms with E-state index in [4.69, 9.17) is 0 Å². The molecule has 0 saturated carbocycles. The number of aromatic carboxylic acids is 1. The van der Waals surface area contributed by atoms with Crippen molar-refractivity contribution < 1.29 is 32.3 Å². The summed E-state index contributed by atoms with van der Waals surface area (Å²) in [4.78, 5) is 12.8. The zero-order chi connectivity index (χ0) is 20.5. The smallest absolute Gasteiger partial charge is 0.545 e. The zero-order valence-corrected chi connectivity index (χ0v) is 19.7. The average Bonchev–Trinajstić information content (AvgIpc) is 2.77. The van der Waals surface area contributed by atoms with Crippen LogP contribution < -0.4 is 21.0 Å². The van der Waals surface area contributed by atoms with E-state index in [1.165, 1.54) is 22.0 Å². The molecule has 4 rings (SSSR count). The van der Waals surface area contributed by atoms with Gasteiger partial charge in [-0.05, 0) is 36.0 Å². The summed E-state index contributed by atoms with van der Waals surface area (Å²) in [5.74, 6) is -1.25. The minimum atomic E-state index is -1.25. The van der Waals surface area contributed by atoms with Crippen molar-refractivity contribution in [1.29, 1.82) is 0 Å². The van der Waals surface area contributed by atoms with Crippen molar-refractivity contribution in [3.8, 4) is 0 Å². The Morgan fingerprint density at radius 2 is 1.10 bits per heavy atom. The van der Waals surface area contributed by atoms with Crippen LogP contribution in [-0.2, 0) is 22.4 Å². The normalized spacial score (nSPS) is 9.77. The monoisotopic (exact) mass is 613 g/mol. The number of pyridine rings is 1. The molecule has 0 bridgehead atoms. The van der Waals surface area contributed by atoms with Crippen molar-refractivity contribution in [3.05, 3.63) is 120 Å². The standard InChI is InChI=1S/C18H15P.C6H5NO2S.Au/c1-4-10-16(11-5-1)19(17-12-6-2-7-13-17)18-14-8-3-9-15-18;8-6(9)4-2-1-3-7-5(4)10;/h1-15H;1-3H,(H,7,10)(H,8,9);/q;;+1/p-1. The molecule has 0 spiro atoms. The largest absolute Gasteiger partial charge is 1.00 e. The third-order valence-corrected chi connectivity index (χ3v) is 6.86. The van der Waals surface area contributed by atoms with Gasteiger partial charge in [0.1, 0.15) is 4.64 Å². The Hall–Kier alpha value is -2.33. The van der Waals surface area contributed by atoms with E-state index in [0.717, 1.165) is 0 Å². The van der Waals surface area contributed by atoms with E-state index < -0.39 is 13.9 Å². The molecule has 0 aliphatic rings. The fourth-order valence-corrected chi connectivity index (χ4v) is 5.29. The van der Waals surface area contributed by atoms with Crippen LogP contribution in [-0.4, -0.2) is 11.0 Å². The number of rotatable bonds is 4. The summed E-state index contributed by atoms with van der Waals surface area (Å²) >= 11 is 4.65. The van der Waals surface area contributed by atoms with Crippen molar-refractivity contribution in [2.45, 2.75) is 0 Å². The number of carbonyl (C=O) groups is 1. The maximum absolute atomic E-state index is 10.2. The van der Waals surface area contributed by atoms with E-state index >= 15 is 0 Å². The molecular weight excluding hydrogens is 594 g/mol. The molecule has 0 saturated heterocycles. The van der Waals surface area contributed by atoms with E-state index in [9.17, 15) is 9.90 Å². The van der Waals surface area contributed by atoms with Gasteiger partial charge >= 0.3 is 22.4 Å². The minimum absolute atomic E-state index is 0. The first kappa shape index (κ1) is 23.9. The Balaban J connectivity index is 0.000000249. The van der Waals surface area contributed by atoms with Crippen molar-refractivity contribution in [2.75, 3.05) is 0 Å². The number of carboxylic acid groups (broad SMARTS) is 1. The van der Waals surface area contributed by atoms with Crippen LogP contribution >= 0.6 is 20.1 Å². The summed E-state index contributed by atoms with van der Waals surface area (Å²) in [6.07, 6.45) is 1.56. The second-order valence-corrected chi connectivity index (χ2v) is 8.67. The zero-order valence-electron chi connectivity index (χ0n) is 15.9. The number of carbonyl (C=O) groups excluding carboxylic acids is 1. The molecule has 3 nitrogen and oxygen atoms in total. The summed E-state index contributed by atoms with van der Waals surface area (Å²) in [6.45, 7) is 0. The summed E-state index contributed by atoms with van der Waals surface area (Å²) in [7, 11) is -0.446. The van der Waals surface area contributed by atoms with Crippen LogP contribution in [0, 0.1) is 4.64 Å². The molecule has 1 aromatic heterocycles. The van der Waals surface area contributed by atoms with Crippen molar-refractivity contribution >= 4 is 42.0 Å². The van der Waals surface area contributed by atoms with Crippen LogP contribution in [0.4, 0.5) is 0 Å². The third kappa shape index (κ3) is 6.60. The van der Waals surface area contributed by atoms with Gasteiger partial charge in [0.2, 0.25) is 0 Å². The van der Waals surface area contributed by atoms with Crippen LogP contribution in [0.1, 0.15) is 10.4 Å². The van der Waals surface area contributed by atoms with E-state index in [0.29, 0.717) is 0 Å². The first-order valence-electron chi connectivity index (χ1n) is 9.01. The van der Waals surface area contributed by atoms with Gasteiger partial charge in [-0.3, -0.25) is 0 Å². The first-order valence-corrected chi connectivity index (χ1v) is 10.8. The number of benzene rings is 3. The number of H-pyrrole nitrogens is 1. The van der Waals surface area contributed by atoms with Crippen LogP contribution in [0.5, 0.6) is 0 Å². The molecule has 6 heteroatoms. The molecule has 0 radical (unpaired) electrons. The Bertz CT molecular complexity index is 1010. The SMILES string of the molecule is O=C([O-])c1ccc[nH]c1=S.[Au+].c1ccc(P(c2ccccc2)c2ccccc2)cc1. The van der Waals surface area contributed by atoms with Gasteiger partial charge < -0.3 is 14.9 Å². The van der Waals surface area contributed by atoms with Crippen molar-refractivity contribution in [3.63, 3.8) is 0 Å². The predicted octanol–water partition coefficient (Wildman–Crippen LogP) is 3.55. The Kier molecular flexibility index (Phi) is 9.88. The second-order valence-electron chi connectivity index (χ2n) is 6.04. The van der Waals surface area contributed by atoms with E-state index in [-0.39, 0.29) is 32.6 Å². The molecule has 1 heterocycles. The maximum Gasteiger partial charge on any atom is 1.00 e. The summed E-state index contributed by atoms with van der Waals surface area (Å²) in [6, 6.07) is 35.3. The van der Waals surface area contributed by atoms with E-state index in [1.807, 2.05) is 0 Å². The van der Waals surface area contributed by atoms with Crippen LogP contribution in [0.3, 0.4) is 0 Å². The predicted molar refractivity (Wildman–Crippen MR) is 121 cm³/mol. The van der Waals surface area contributed by atoms with Crippen molar-refractivity contribution in [1.82, 2.24) is 4.98 Å². The fourth-order valence-electron chi connectivity index (χ4n) is 2.76. The first-order chi connectivity index (χ1) is 14.2. The molecule has 0 unspecified atom stereocenters. The van der Waals surface area contributed by atoms with Gasteiger partial charge in [-0.1, -0.05) is 103 Å². The van der Waals surface area contributed by atoms with E-state index in [1.54, 1.807) is 12.3 Å². The number of hydrogen-bond acceptors (Lipinski definition) is 3. The van der Waals surface area contributed by atoms with Crippen LogP contribution in [0.15, 0.2) is 109 Å². The number of aromatic nitrogens is 1. The van der Waals surface area contributed by atoms with Gasteiger partial charge in [0.15, 0.2) is 0 Å². The Morgan fingerprint density at radius 1 is 0.700 bits per heavy atom. The molecule has 0 aliphatic heterocycles. The van der Waals surface area contributed by atoms with Gasteiger partial charge in [-0.2, -0.15) is 0 Å². The second kappa shape index (κ2) is 12.4.